The van der Waals surface area contributed by atoms with Crippen molar-refractivity contribution in [3.05, 3.63) is 133 Å². The topological polar surface area (TPSA) is 290 Å². The summed E-state index contributed by atoms with van der Waals surface area (Å²) in [5, 5.41) is 30.7. The van der Waals surface area contributed by atoms with Crippen molar-refractivity contribution in [2.75, 3.05) is 60.9 Å². The van der Waals surface area contributed by atoms with Crippen molar-refractivity contribution >= 4 is 46.4 Å². The number of carbonyl (C=O) groups is 4. The third-order valence-electron chi connectivity index (χ3n) is 11.7. The van der Waals surface area contributed by atoms with Crippen LogP contribution in [0.15, 0.2) is 89.1 Å². The monoisotopic (exact) mass is 1110 g/mol. The van der Waals surface area contributed by atoms with E-state index < -0.39 is 29.4 Å². The third-order valence-corrected chi connectivity index (χ3v) is 11.7. The van der Waals surface area contributed by atoms with Crippen molar-refractivity contribution in [3.8, 4) is 40.2 Å². The van der Waals surface area contributed by atoms with E-state index in [0.29, 0.717) is 35.8 Å². The van der Waals surface area contributed by atoms with Crippen LogP contribution in [0, 0.1) is 23.7 Å². The number of hydrogen-bond acceptors (Lipinski definition) is 13. The largest absolute Gasteiger partial charge is 0.506 e. The number of ether oxygens (including phenoxy) is 6. The molecule has 0 fully saturated rings. The second kappa shape index (κ2) is 31.7. The highest BCUT2D eigenvalue weighted by atomic mass is 16.5. The Balaban J connectivity index is 1.55. The number of carbonyl (C=O) groups excluding carboxylic acids is 4. The van der Waals surface area contributed by atoms with Crippen LogP contribution in [0.4, 0.5) is 22.7 Å². The molecule has 21 heteroatoms. The van der Waals surface area contributed by atoms with E-state index in [1.54, 1.807) is 48.5 Å². The summed E-state index contributed by atoms with van der Waals surface area (Å²) in [4.78, 5) is 63.2. The predicted molar refractivity (Wildman–Crippen MR) is 314 cm³/mol. The minimum absolute atomic E-state index is 0.00582. The van der Waals surface area contributed by atoms with E-state index in [2.05, 4.69) is 41.3 Å². The van der Waals surface area contributed by atoms with Crippen molar-refractivity contribution in [2.24, 2.45) is 33.9 Å². The molecule has 0 radical (unpaired) electrons. The van der Waals surface area contributed by atoms with Gasteiger partial charge in [-0.15, -0.1) is 0 Å². The molecule has 0 aliphatic heterocycles. The van der Waals surface area contributed by atoms with Gasteiger partial charge in [0.1, 0.15) is 40.2 Å². The second-order valence-electron chi connectivity index (χ2n) is 20.9. The number of phenolic OH excluding ortho intramolecular Hbond substituents is 1. The van der Waals surface area contributed by atoms with Crippen LogP contribution in [0.5, 0.6) is 40.2 Å². The zero-order valence-corrected chi connectivity index (χ0v) is 48.0. The number of hydrogen-bond donors (Lipinski definition) is 5. The van der Waals surface area contributed by atoms with Crippen molar-refractivity contribution in [2.45, 2.75) is 108 Å². The number of anilines is 4. The van der Waals surface area contributed by atoms with Gasteiger partial charge in [0, 0.05) is 22.0 Å². The highest BCUT2D eigenvalue weighted by molar-refractivity contribution is 6.14. The van der Waals surface area contributed by atoms with Gasteiger partial charge >= 0.3 is 0 Å². The van der Waals surface area contributed by atoms with E-state index in [4.69, 9.17) is 39.5 Å². The molecule has 0 saturated heterocycles. The first-order valence-corrected chi connectivity index (χ1v) is 27.3. The average Bonchev–Trinajstić information content (AvgIpc) is 3.62. The van der Waals surface area contributed by atoms with Crippen molar-refractivity contribution < 1.29 is 52.7 Å². The lowest BCUT2D eigenvalue weighted by Gasteiger charge is -2.21. The molecule has 0 atom stereocenters. The normalized spacial score (nSPS) is 10.9. The number of unbranched alkanes of at least 4 members (excludes halogenated alkanes) is 2. The molecule has 81 heavy (non-hydrogen) atoms. The first-order chi connectivity index (χ1) is 38.8. The molecule has 5 rings (SSSR count). The number of azide groups is 2. The zero-order chi connectivity index (χ0) is 59.0. The highest BCUT2D eigenvalue weighted by Crippen LogP contribution is 2.41. The van der Waals surface area contributed by atoms with Gasteiger partial charge in [0.25, 0.3) is 23.6 Å². The fraction of sp³-hybridized carbons (Fsp3) is 0.433. The van der Waals surface area contributed by atoms with E-state index in [9.17, 15) is 24.3 Å². The Morgan fingerprint density at radius 1 is 0.457 bits per heavy atom. The SMILES string of the molecule is CCCCOc1ccc(CN=[N+]=[N-])cc1C(=O)Nc1cc(NC(=O)c2cccc(C(=O)Nc3cc(NC(=O)c4cc(CN=[N+]=[N-])ccc4OCCCC)c(OCC(C)C)cc3OCC(C)C)c2O)c(OCC(C)C)cc1OCC(C)C. The van der Waals surface area contributed by atoms with Gasteiger partial charge in [-0.05, 0) is 107 Å². The average molecular weight is 1110 g/mol. The molecule has 4 amide bonds. The minimum atomic E-state index is -0.832. The Morgan fingerprint density at radius 3 is 1.07 bits per heavy atom. The van der Waals surface area contributed by atoms with Crippen LogP contribution in [-0.2, 0) is 13.1 Å². The summed E-state index contributed by atoms with van der Waals surface area (Å²) in [6, 6.07) is 20.1. The van der Waals surface area contributed by atoms with Crippen molar-refractivity contribution in [3.63, 3.8) is 0 Å². The summed E-state index contributed by atoms with van der Waals surface area (Å²) in [6.07, 6.45) is 3.21. The standard InChI is InChI=1S/C60H76N10O11/c1-11-13-22-76-50-20-18-40(30-63-69-61)24-44(50)59(74)67-48-26-46(52(78-32-36(3)4)28-54(48)80-34-38(7)8)65-57(72)42-16-15-17-43(56(42)71)58(73)66-47-27-49(55(81-35-39(9)10)29-53(47)79-33-37(5)6)68-60(75)45-25-41(31-64-70-62)19-21-51(45)77-23-14-12-2/h15-21,24-29,36-39,71H,11-14,22-23,30-35H2,1-10H3,(H,65,72)(H,66,73)(H,67,74)(H,68,75). The van der Waals surface area contributed by atoms with Crippen LogP contribution in [0.2, 0.25) is 0 Å². The number of nitrogens with zero attached hydrogens (tertiary/aromatic N) is 6. The van der Waals surface area contributed by atoms with E-state index in [1.807, 2.05) is 69.2 Å². The molecular formula is C60H76N10O11. The Hall–Kier alpha value is -8.80. The highest BCUT2D eigenvalue weighted by Gasteiger charge is 2.26. The molecule has 5 N–H and O–H groups in total. The summed E-state index contributed by atoms with van der Waals surface area (Å²) in [5.74, 6) is -1.72. The lowest BCUT2D eigenvalue weighted by molar-refractivity contribution is 0.101. The maximum absolute atomic E-state index is 14.5. The number of rotatable bonds is 32. The van der Waals surface area contributed by atoms with Gasteiger partial charge in [0.15, 0.2) is 0 Å². The quantitative estimate of drug-likeness (QED) is 0.0117. The molecule has 0 bridgehead atoms. The maximum atomic E-state index is 14.5. The molecule has 0 aliphatic carbocycles. The molecule has 432 valence electrons. The first-order valence-electron chi connectivity index (χ1n) is 27.3. The third kappa shape index (κ3) is 19.2. The Labute approximate surface area is 473 Å². The molecule has 0 saturated carbocycles. The summed E-state index contributed by atoms with van der Waals surface area (Å²) in [6.45, 7) is 21.4. The Morgan fingerprint density at radius 2 is 0.778 bits per heavy atom. The van der Waals surface area contributed by atoms with Gasteiger partial charge in [-0.25, -0.2) is 0 Å². The van der Waals surface area contributed by atoms with E-state index in [-0.39, 0.29) is 131 Å². The number of aromatic hydroxyl groups is 1. The van der Waals surface area contributed by atoms with Crippen LogP contribution in [0.25, 0.3) is 20.9 Å². The van der Waals surface area contributed by atoms with Crippen molar-refractivity contribution in [1.29, 1.82) is 0 Å². The molecule has 5 aromatic carbocycles. The molecule has 0 heterocycles. The number of benzene rings is 5. The summed E-state index contributed by atoms with van der Waals surface area (Å²) >= 11 is 0. The summed E-state index contributed by atoms with van der Waals surface area (Å²) in [5.41, 5.74) is 19.4. The molecule has 0 unspecified atom stereocenters. The summed E-state index contributed by atoms with van der Waals surface area (Å²) < 4.78 is 37.0. The lowest BCUT2D eigenvalue weighted by Crippen LogP contribution is -2.19. The molecule has 21 nitrogen and oxygen atoms in total. The number of amides is 4. The van der Waals surface area contributed by atoms with Crippen LogP contribution in [0.3, 0.4) is 0 Å². The van der Waals surface area contributed by atoms with Crippen LogP contribution in [-0.4, -0.2) is 68.4 Å². The van der Waals surface area contributed by atoms with E-state index in [1.165, 1.54) is 30.3 Å². The van der Waals surface area contributed by atoms with Crippen LogP contribution in [0.1, 0.15) is 147 Å². The van der Waals surface area contributed by atoms with Crippen LogP contribution < -0.4 is 49.7 Å². The van der Waals surface area contributed by atoms with Gasteiger partial charge in [-0.1, -0.05) is 111 Å². The molecule has 0 aliphatic rings. The molecule has 0 aromatic heterocycles. The van der Waals surface area contributed by atoms with E-state index >= 15 is 0 Å². The number of phenols is 1. The number of para-hydroxylation sites is 1. The lowest BCUT2D eigenvalue weighted by atomic mass is 10.1. The van der Waals surface area contributed by atoms with Gasteiger partial charge in [-0.3, -0.25) is 19.2 Å². The second-order valence-corrected chi connectivity index (χ2v) is 20.9. The van der Waals surface area contributed by atoms with Gasteiger partial charge in [-0.2, -0.15) is 0 Å². The predicted octanol–water partition coefficient (Wildman–Crippen LogP) is 14.5. The molecule has 5 aromatic rings. The van der Waals surface area contributed by atoms with Gasteiger partial charge in [0.05, 0.1) is 97.7 Å². The summed E-state index contributed by atoms with van der Waals surface area (Å²) in [7, 11) is 0. The molecule has 0 spiro atoms. The minimum Gasteiger partial charge on any atom is -0.506 e. The molecular weight excluding hydrogens is 1040 g/mol. The first kappa shape index (κ1) is 63.0. The van der Waals surface area contributed by atoms with Gasteiger partial charge < -0.3 is 54.8 Å². The fourth-order valence-corrected chi connectivity index (χ4v) is 7.52. The van der Waals surface area contributed by atoms with Gasteiger partial charge in [0.2, 0.25) is 0 Å². The Bertz CT molecular complexity index is 2880. The maximum Gasteiger partial charge on any atom is 0.259 e. The smallest absolute Gasteiger partial charge is 0.259 e. The van der Waals surface area contributed by atoms with Crippen LogP contribution >= 0.6 is 0 Å². The fourth-order valence-electron chi connectivity index (χ4n) is 7.52. The number of nitrogens with one attached hydrogen (secondary N) is 4. The van der Waals surface area contributed by atoms with E-state index in [0.717, 1.165) is 25.7 Å². The van der Waals surface area contributed by atoms with Crippen molar-refractivity contribution in [1.82, 2.24) is 0 Å². The zero-order valence-electron chi connectivity index (χ0n) is 48.0. The Kier molecular flexibility index (Phi) is 24.7.